The van der Waals surface area contributed by atoms with Gasteiger partial charge in [0.1, 0.15) is 0 Å². The van der Waals surface area contributed by atoms with Crippen LogP contribution >= 0.6 is 22.7 Å². The molecule has 4 heterocycles. The second-order valence-electron chi connectivity index (χ2n) is 20.3. The summed E-state index contributed by atoms with van der Waals surface area (Å²) in [5.41, 5.74) is 10.5. The molecule has 2 fully saturated rings. The summed E-state index contributed by atoms with van der Waals surface area (Å²) in [5.74, 6) is 1.78. The van der Waals surface area contributed by atoms with Crippen molar-refractivity contribution in [1.82, 2.24) is 18.6 Å². The fourth-order valence-electron chi connectivity index (χ4n) is 8.95. The van der Waals surface area contributed by atoms with Gasteiger partial charge >= 0.3 is 0 Å². The predicted octanol–water partition coefficient (Wildman–Crippen LogP) is 10.0. The molecule has 2 aromatic heterocycles. The molecule has 0 saturated carbocycles. The maximum Gasteiger partial charge on any atom is 0.243 e. The minimum absolute atomic E-state index is 0.00265. The van der Waals surface area contributed by atoms with Crippen molar-refractivity contribution in [3.8, 4) is 17.2 Å². The van der Waals surface area contributed by atoms with Crippen molar-refractivity contribution in [2.75, 3.05) is 83.5 Å². The summed E-state index contributed by atoms with van der Waals surface area (Å²) >= 11 is 3.22. The largest absolute Gasteiger partial charge is 0.493 e. The Morgan fingerprint density at radius 2 is 0.915 bits per heavy atom. The van der Waals surface area contributed by atoms with Crippen molar-refractivity contribution < 1.29 is 31.0 Å². The first-order valence-corrected chi connectivity index (χ1v) is 28.6. The van der Waals surface area contributed by atoms with Crippen LogP contribution in [-0.4, -0.2) is 109 Å². The third-order valence-electron chi connectivity index (χ3n) is 13.1. The third-order valence-corrected chi connectivity index (χ3v) is 18.8. The van der Waals surface area contributed by atoms with Crippen LogP contribution in [0.15, 0.2) is 93.3 Å². The normalized spacial score (nSPS) is 15.3. The van der Waals surface area contributed by atoms with E-state index >= 15 is 0 Å². The summed E-state index contributed by atoms with van der Waals surface area (Å²) in [6.45, 7) is 23.5. The lowest BCUT2D eigenvalue weighted by molar-refractivity contribution is 0.324. The van der Waals surface area contributed by atoms with Gasteiger partial charge in [-0.15, -0.1) is 22.7 Å². The molecule has 0 spiro atoms. The van der Waals surface area contributed by atoms with Crippen LogP contribution in [0.3, 0.4) is 0 Å². The Morgan fingerprint density at radius 3 is 1.27 bits per heavy atom. The first kappa shape index (κ1) is 53.8. The quantitative estimate of drug-likeness (QED) is 0.109. The van der Waals surface area contributed by atoms with E-state index in [9.17, 15) is 16.8 Å². The SMILES string of the molecule is COc1cc(Cc2csc(N3CCN(S(=O)(=O)c4ccc(C(C)(C)C)cc4)CC3)n2)cc(OC)c1OC.Cc1cc(C)c(Cc2csc(N3CCN(S(=O)(=O)c4ccc(C(C)(C)C)cc4)CC3)n2)c(C)c1. The molecule has 0 atom stereocenters. The molecule has 0 radical (unpaired) electrons. The van der Waals surface area contributed by atoms with Crippen molar-refractivity contribution in [1.29, 1.82) is 0 Å². The number of nitrogens with zero attached hydrogens (tertiary/aromatic N) is 6. The van der Waals surface area contributed by atoms with Gasteiger partial charge in [0.15, 0.2) is 21.8 Å². The Kier molecular flexibility index (Phi) is 16.6. The topological polar surface area (TPSA) is 135 Å². The van der Waals surface area contributed by atoms with Gasteiger partial charge in [-0.3, -0.25) is 0 Å². The van der Waals surface area contributed by atoms with Crippen LogP contribution in [0.25, 0.3) is 0 Å². The Hall–Kier alpha value is -5.04. The Labute approximate surface area is 430 Å². The molecule has 2 saturated heterocycles. The van der Waals surface area contributed by atoms with Crippen LogP contribution in [0, 0.1) is 20.8 Å². The molecular formula is C54H70N6O7S4. The lowest BCUT2D eigenvalue weighted by Crippen LogP contribution is -2.48. The van der Waals surface area contributed by atoms with Crippen LogP contribution in [0.1, 0.15) is 91.9 Å². The summed E-state index contributed by atoms with van der Waals surface area (Å²) < 4.78 is 72.3. The van der Waals surface area contributed by atoms with Gasteiger partial charge in [0.2, 0.25) is 25.8 Å². The molecule has 4 aromatic carbocycles. The molecule has 2 aliphatic rings. The van der Waals surface area contributed by atoms with Gasteiger partial charge in [-0.25, -0.2) is 26.8 Å². The standard InChI is InChI=1S/C27H35N3O5S2.C27H35N3O2S2/c1-27(2,3)20-7-9-22(10-8-20)37(31,32)30-13-11-29(12-14-30)26-28-21(18-36-26)15-19-16-23(33-4)25(35-6)24(17-19)34-5;1-19-15-20(2)25(21(3)16-19)17-23-18-33-26(28-23)29-11-13-30(14-12-29)34(31,32)24-9-7-22(8-10-24)27(4,5)6/h7-10,16-18H,11-15H2,1-6H3;7-10,15-16,18H,11-14,17H2,1-6H3. The summed E-state index contributed by atoms with van der Waals surface area (Å²) in [4.78, 5) is 14.8. The minimum Gasteiger partial charge on any atom is -0.493 e. The third kappa shape index (κ3) is 12.6. The highest BCUT2D eigenvalue weighted by Crippen LogP contribution is 2.39. The molecule has 71 heavy (non-hydrogen) atoms. The smallest absolute Gasteiger partial charge is 0.243 e. The van der Waals surface area contributed by atoms with Crippen molar-refractivity contribution in [2.45, 2.75) is 95.8 Å². The number of rotatable bonds is 13. The maximum atomic E-state index is 13.2. The average molecular weight is 1040 g/mol. The summed E-state index contributed by atoms with van der Waals surface area (Å²) in [7, 11) is -2.23. The van der Waals surface area contributed by atoms with Gasteiger partial charge in [0.25, 0.3) is 0 Å². The maximum absolute atomic E-state index is 13.2. The van der Waals surface area contributed by atoms with Gasteiger partial charge in [0, 0.05) is 76.0 Å². The van der Waals surface area contributed by atoms with Crippen molar-refractivity contribution in [3.63, 3.8) is 0 Å². The van der Waals surface area contributed by atoms with Gasteiger partial charge < -0.3 is 24.0 Å². The predicted molar refractivity (Wildman–Crippen MR) is 289 cm³/mol. The van der Waals surface area contributed by atoms with Gasteiger partial charge in [-0.05, 0) is 101 Å². The van der Waals surface area contributed by atoms with E-state index < -0.39 is 20.0 Å². The molecule has 382 valence electrons. The monoisotopic (exact) mass is 1040 g/mol. The van der Waals surface area contributed by atoms with E-state index in [1.54, 1.807) is 76.9 Å². The number of sulfonamides is 2. The van der Waals surface area contributed by atoms with E-state index in [2.05, 4.69) is 89.6 Å². The van der Waals surface area contributed by atoms with E-state index in [1.807, 2.05) is 41.8 Å². The lowest BCUT2D eigenvalue weighted by atomic mass is 9.87. The van der Waals surface area contributed by atoms with Crippen molar-refractivity contribution in [3.05, 3.63) is 134 Å². The fraction of sp³-hybridized carbons (Fsp3) is 0.444. The van der Waals surface area contributed by atoms with Crippen LogP contribution in [0.5, 0.6) is 17.2 Å². The highest BCUT2D eigenvalue weighted by molar-refractivity contribution is 7.89. The number of aromatic nitrogens is 2. The van der Waals surface area contributed by atoms with E-state index in [0.29, 0.717) is 85.8 Å². The molecule has 8 rings (SSSR count). The van der Waals surface area contributed by atoms with Crippen LogP contribution in [0.4, 0.5) is 10.3 Å². The fourth-order valence-corrected chi connectivity index (χ4v) is 13.6. The zero-order chi connectivity index (χ0) is 51.5. The number of piperazine rings is 2. The molecular weight excluding hydrogens is 973 g/mol. The highest BCUT2D eigenvalue weighted by Gasteiger charge is 2.32. The Morgan fingerprint density at radius 1 is 0.535 bits per heavy atom. The molecule has 13 nitrogen and oxygen atoms in total. The second-order valence-corrected chi connectivity index (χ2v) is 25.9. The second kappa shape index (κ2) is 22.0. The van der Waals surface area contributed by atoms with Crippen LogP contribution in [0.2, 0.25) is 0 Å². The molecule has 17 heteroatoms. The summed E-state index contributed by atoms with van der Waals surface area (Å²) in [6, 6.07) is 22.9. The number of hydrogen-bond donors (Lipinski definition) is 0. The van der Waals surface area contributed by atoms with E-state index in [4.69, 9.17) is 24.2 Å². The molecule has 2 aliphatic heterocycles. The first-order valence-electron chi connectivity index (χ1n) is 24.0. The van der Waals surface area contributed by atoms with Crippen molar-refractivity contribution >= 4 is 53.0 Å². The molecule has 0 aliphatic carbocycles. The van der Waals surface area contributed by atoms with Gasteiger partial charge in [-0.1, -0.05) is 83.5 Å². The highest BCUT2D eigenvalue weighted by atomic mass is 32.2. The Bertz CT molecular complexity index is 2950. The van der Waals surface area contributed by atoms with E-state index in [0.717, 1.165) is 44.8 Å². The van der Waals surface area contributed by atoms with E-state index in [-0.39, 0.29) is 10.8 Å². The number of hydrogen-bond acceptors (Lipinski definition) is 13. The minimum atomic E-state index is -3.53. The number of methoxy groups -OCH3 is 3. The molecule has 0 bridgehead atoms. The van der Waals surface area contributed by atoms with Gasteiger partial charge in [-0.2, -0.15) is 8.61 Å². The van der Waals surface area contributed by atoms with Crippen LogP contribution in [-0.2, 0) is 43.7 Å². The molecule has 0 amide bonds. The number of aryl methyl sites for hydroxylation is 3. The van der Waals surface area contributed by atoms with Crippen molar-refractivity contribution in [2.24, 2.45) is 0 Å². The van der Waals surface area contributed by atoms with E-state index in [1.165, 1.54) is 22.3 Å². The zero-order valence-corrected chi connectivity index (χ0v) is 46.6. The lowest BCUT2D eigenvalue weighted by Gasteiger charge is -2.33. The zero-order valence-electron chi connectivity index (χ0n) is 43.3. The first-order chi connectivity index (χ1) is 33.5. The average Bonchev–Trinajstić information content (AvgIpc) is 4.02. The Balaban J connectivity index is 0.000000209. The molecule has 0 unspecified atom stereocenters. The number of ether oxygens (including phenoxy) is 3. The molecule has 0 N–H and O–H groups in total. The van der Waals surface area contributed by atoms with Gasteiger partial charge in [0.05, 0.1) is 42.5 Å². The number of anilines is 2. The number of benzene rings is 4. The summed E-state index contributed by atoms with van der Waals surface area (Å²) in [6.07, 6.45) is 1.44. The number of thiazole rings is 2. The van der Waals surface area contributed by atoms with Crippen LogP contribution < -0.4 is 24.0 Å². The summed E-state index contributed by atoms with van der Waals surface area (Å²) in [5, 5.41) is 6.05. The molecule has 6 aromatic rings.